The zero-order chi connectivity index (χ0) is 19.3. The summed E-state index contributed by atoms with van der Waals surface area (Å²) in [6.07, 6.45) is 2.73. The number of aromatic carboxylic acids is 1. The molecular formula is C17H16FN5O3S. The maximum absolute atomic E-state index is 14.8. The zero-order valence-electron chi connectivity index (χ0n) is 14.3. The molecule has 0 saturated carbocycles. The van der Waals surface area contributed by atoms with Crippen LogP contribution in [0.2, 0.25) is 0 Å². The Morgan fingerprint density at radius 2 is 2.22 bits per heavy atom. The molecule has 4 rings (SSSR count). The largest absolute Gasteiger partial charge is 0.477 e. The van der Waals surface area contributed by atoms with Crippen molar-refractivity contribution in [1.82, 2.24) is 14.5 Å². The Labute approximate surface area is 156 Å². The Hall–Kier alpha value is -2.85. The average molecular weight is 389 g/mol. The molecule has 0 unspecified atom stereocenters. The number of carboxylic acids is 1. The monoisotopic (exact) mass is 389 g/mol. The Morgan fingerprint density at radius 3 is 2.81 bits per heavy atom. The molecular weight excluding hydrogens is 373 g/mol. The Kier molecular flexibility index (Phi) is 4.16. The van der Waals surface area contributed by atoms with E-state index in [9.17, 15) is 19.1 Å². The van der Waals surface area contributed by atoms with Gasteiger partial charge in [-0.05, 0) is 12.0 Å². The number of anilines is 1. The highest BCUT2D eigenvalue weighted by Crippen LogP contribution is 2.27. The molecule has 3 aromatic rings. The second kappa shape index (κ2) is 6.39. The van der Waals surface area contributed by atoms with E-state index in [1.807, 2.05) is 6.92 Å². The number of carboxylic acid groups (broad SMARTS) is 1. The standard InChI is InChI=1S/C17H16FN5O3S/c1-8-5-22(7-12(8)19)15-11(18)4-9-13(24)10(16(25)26)6-23(14(9)21-15)17-20-2-3-27-17/h2-4,6,8,12H,5,7,19H2,1H3,(H,25,26)/t8-,12+/m1/s1. The highest BCUT2D eigenvalue weighted by Gasteiger charge is 2.30. The topological polar surface area (TPSA) is 114 Å². The molecule has 3 aromatic heterocycles. The van der Waals surface area contributed by atoms with Gasteiger partial charge in [0.1, 0.15) is 5.56 Å². The third-order valence-electron chi connectivity index (χ3n) is 4.74. The van der Waals surface area contributed by atoms with Crippen LogP contribution in [-0.2, 0) is 0 Å². The molecule has 0 amide bonds. The van der Waals surface area contributed by atoms with Crippen LogP contribution in [0.3, 0.4) is 0 Å². The Balaban J connectivity index is 2.00. The predicted molar refractivity (Wildman–Crippen MR) is 99.3 cm³/mol. The molecule has 8 nitrogen and oxygen atoms in total. The number of nitrogens with zero attached hydrogens (tertiary/aromatic N) is 4. The van der Waals surface area contributed by atoms with Gasteiger partial charge in [-0.15, -0.1) is 11.3 Å². The minimum absolute atomic E-state index is 0.0927. The number of rotatable bonds is 3. The summed E-state index contributed by atoms with van der Waals surface area (Å²) >= 11 is 1.25. The predicted octanol–water partition coefficient (Wildman–Crippen LogP) is 1.46. The van der Waals surface area contributed by atoms with Gasteiger partial charge in [0.2, 0.25) is 5.43 Å². The number of nitrogens with two attached hydrogens (primary N) is 1. The molecule has 0 aliphatic carbocycles. The van der Waals surface area contributed by atoms with Crippen LogP contribution in [0.25, 0.3) is 16.2 Å². The minimum Gasteiger partial charge on any atom is -0.477 e. The van der Waals surface area contributed by atoms with E-state index in [1.165, 1.54) is 22.1 Å². The van der Waals surface area contributed by atoms with Crippen molar-refractivity contribution in [2.45, 2.75) is 13.0 Å². The van der Waals surface area contributed by atoms with Crippen molar-refractivity contribution in [2.24, 2.45) is 11.7 Å². The number of hydrogen-bond donors (Lipinski definition) is 2. The van der Waals surface area contributed by atoms with Crippen LogP contribution < -0.4 is 16.1 Å². The van der Waals surface area contributed by atoms with Crippen LogP contribution in [0.1, 0.15) is 17.3 Å². The normalized spacial score (nSPS) is 19.7. The molecule has 2 atom stereocenters. The molecule has 4 heterocycles. The third-order valence-corrected chi connectivity index (χ3v) is 5.51. The van der Waals surface area contributed by atoms with E-state index in [2.05, 4.69) is 9.97 Å². The van der Waals surface area contributed by atoms with Crippen LogP contribution in [-0.4, -0.2) is 44.7 Å². The highest BCUT2D eigenvalue weighted by molar-refractivity contribution is 7.12. The maximum atomic E-state index is 14.8. The van der Waals surface area contributed by atoms with Gasteiger partial charge in [0, 0.05) is 36.9 Å². The average Bonchev–Trinajstić information content (AvgIpc) is 3.25. The molecule has 0 spiro atoms. The summed E-state index contributed by atoms with van der Waals surface area (Å²) in [5, 5.41) is 11.4. The van der Waals surface area contributed by atoms with Crippen LogP contribution in [0, 0.1) is 11.7 Å². The van der Waals surface area contributed by atoms with Gasteiger partial charge in [0.25, 0.3) is 0 Å². The molecule has 0 radical (unpaired) electrons. The Bertz CT molecular complexity index is 1090. The van der Waals surface area contributed by atoms with E-state index in [-0.39, 0.29) is 28.8 Å². The minimum atomic E-state index is -1.39. The van der Waals surface area contributed by atoms with E-state index in [1.54, 1.807) is 16.5 Å². The maximum Gasteiger partial charge on any atom is 0.341 e. The van der Waals surface area contributed by atoms with Crippen molar-refractivity contribution in [3.05, 3.63) is 45.4 Å². The highest BCUT2D eigenvalue weighted by atomic mass is 32.1. The molecule has 3 N–H and O–H groups in total. The smallest absolute Gasteiger partial charge is 0.341 e. The molecule has 0 bridgehead atoms. The van der Waals surface area contributed by atoms with Gasteiger partial charge >= 0.3 is 5.97 Å². The SMILES string of the molecule is C[C@@H]1CN(c2nc3c(cc2F)c(=O)c(C(=O)O)cn3-c2nccs2)C[C@@H]1N. The first kappa shape index (κ1) is 17.6. The summed E-state index contributed by atoms with van der Waals surface area (Å²) in [6, 6.07) is 0.947. The molecule has 140 valence electrons. The quantitative estimate of drug-likeness (QED) is 0.697. The van der Waals surface area contributed by atoms with Gasteiger partial charge in [-0.3, -0.25) is 9.36 Å². The molecule has 1 aliphatic heterocycles. The van der Waals surface area contributed by atoms with E-state index in [0.717, 1.165) is 6.07 Å². The van der Waals surface area contributed by atoms with Gasteiger partial charge in [-0.25, -0.2) is 19.2 Å². The lowest BCUT2D eigenvalue weighted by Crippen LogP contribution is -2.29. The number of thiazole rings is 1. The first-order chi connectivity index (χ1) is 12.9. The van der Waals surface area contributed by atoms with Crippen molar-refractivity contribution >= 4 is 34.2 Å². The number of fused-ring (bicyclic) bond motifs is 1. The first-order valence-corrected chi connectivity index (χ1v) is 9.14. The summed E-state index contributed by atoms with van der Waals surface area (Å²) in [5.74, 6) is -1.81. The van der Waals surface area contributed by atoms with Crippen LogP contribution >= 0.6 is 11.3 Å². The van der Waals surface area contributed by atoms with E-state index < -0.39 is 22.8 Å². The lowest BCUT2D eigenvalue weighted by atomic mass is 10.1. The first-order valence-electron chi connectivity index (χ1n) is 8.26. The van der Waals surface area contributed by atoms with Crippen molar-refractivity contribution in [3.8, 4) is 5.13 Å². The molecule has 1 saturated heterocycles. The zero-order valence-corrected chi connectivity index (χ0v) is 15.1. The van der Waals surface area contributed by atoms with Crippen LogP contribution in [0.15, 0.2) is 28.6 Å². The lowest BCUT2D eigenvalue weighted by molar-refractivity contribution is 0.0695. The summed E-state index contributed by atoms with van der Waals surface area (Å²) < 4.78 is 16.2. The lowest BCUT2D eigenvalue weighted by Gasteiger charge is -2.19. The fourth-order valence-electron chi connectivity index (χ4n) is 3.23. The van der Waals surface area contributed by atoms with Gasteiger partial charge in [0.15, 0.2) is 22.4 Å². The number of aromatic nitrogens is 3. The number of hydrogen-bond acceptors (Lipinski definition) is 7. The molecule has 10 heteroatoms. The number of carbonyl (C=O) groups is 1. The summed E-state index contributed by atoms with van der Waals surface area (Å²) in [5.41, 5.74) is 4.94. The van der Waals surface area contributed by atoms with E-state index >= 15 is 0 Å². The van der Waals surface area contributed by atoms with Crippen LogP contribution in [0.5, 0.6) is 0 Å². The van der Waals surface area contributed by atoms with Gasteiger partial charge in [0.05, 0.1) is 5.39 Å². The second-order valence-corrected chi connectivity index (χ2v) is 7.45. The van der Waals surface area contributed by atoms with Crippen molar-refractivity contribution in [1.29, 1.82) is 0 Å². The molecule has 27 heavy (non-hydrogen) atoms. The summed E-state index contributed by atoms with van der Waals surface area (Å²) in [6.45, 7) is 2.98. The van der Waals surface area contributed by atoms with Crippen LogP contribution in [0.4, 0.5) is 10.2 Å². The Morgan fingerprint density at radius 1 is 1.44 bits per heavy atom. The summed E-state index contributed by atoms with van der Waals surface area (Å²) in [4.78, 5) is 34.3. The van der Waals surface area contributed by atoms with Gasteiger partial charge in [-0.2, -0.15) is 0 Å². The van der Waals surface area contributed by atoms with Crippen molar-refractivity contribution in [3.63, 3.8) is 0 Å². The van der Waals surface area contributed by atoms with E-state index in [4.69, 9.17) is 5.73 Å². The van der Waals surface area contributed by atoms with Crippen molar-refractivity contribution in [2.75, 3.05) is 18.0 Å². The number of halogens is 1. The fourth-order valence-corrected chi connectivity index (χ4v) is 3.85. The molecule has 0 aromatic carbocycles. The van der Waals surface area contributed by atoms with E-state index in [0.29, 0.717) is 18.2 Å². The third kappa shape index (κ3) is 2.86. The number of pyridine rings is 2. The van der Waals surface area contributed by atoms with Crippen molar-refractivity contribution < 1.29 is 14.3 Å². The molecule has 1 aliphatic rings. The van der Waals surface area contributed by atoms with Gasteiger partial charge in [-0.1, -0.05) is 6.92 Å². The van der Waals surface area contributed by atoms with Gasteiger partial charge < -0.3 is 15.7 Å². The molecule has 1 fully saturated rings. The summed E-state index contributed by atoms with van der Waals surface area (Å²) in [7, 11) is 0. The fraction of sp³-hybridized carbons (Fsp3) is 0.294. The second-order valence-electron chi connectivity index (χ2n) is 6.57.